The van der Waals surface area contributed by atoms with E-state index in [-0.39, 0.29) is 12.4 Å². The number of aromatic nitrogens is 2. The Morgan fingerprint density at radius 2 is 1.87 bits per heavy atom. The lowest BCUT2D eigenvalue weighted by molar-refractivity contribution is 0.658. The van der Waals surface area contributed by atoms with Gasteiger partial charge in [0.2, 0.25) is 0 Å². The summed E-state index contributed by atoms with van der Waals surface area (Å²) < 4.78 is 2.10. The van der Waals surface area contributed by atoms with E-state index in [9.17, 15) is 0 Å². The van der Waals surface area contributed by atoms with Crippen molar-refractivity contribution in [2.75, 3.05) is 23.3 Å². The number of nitrogens with one attached hydrogen (secondary N) is 1. The van der Waals surface area contributed by atoms with Crippen LogP contribution in [0.15, 0.2) is 48.5 Å². The minimum absolute atomic E-state index is 0. The molecule has 1 N–H and O–H groups in total. The van der Waals surface area contributed by atoms with Crippen molar-refractivity contribution in [2.24, 2.45) is 0 Å². The van der Waals surface area contributed by atoms with E-state index in [0.717, 1.165) is 31.9 Å². The molecule has 5 heteroatoms. The summed E-state index contributed by atoms with van der Waals surface area (Å²) in [5, 5.41) is 9.56. The van der Waals surface area contributed by atoms with E-state index in [1.54, 1.807) is 0 Å². The summed E-state index contributed by atoms with van der Waals surface area (Å²) in [4.78, 5) is 2.42. The number of aryl methyl sites for hydroxylation is 1. The van der Waals surface area contributed by atoms with Gasteiger partial charge in [-0.15, -0.1) is 12.4 Å². The summed E-state index contributed by atoms with van der Waals surface area (Å²) in [6, 6.07) is 17.0. The summed E-state index contributed by atoms with van der Waals surface area (Å²) in [6.07, 6.45) is 0. The fourth-order valence-corrected chi connectivity index (χ4v) is 3.24. The Bertz CT molecular complexity index is 812. The summed E-state index contributed by atoms with van der Waals surface area (Å²) in [6.45, 7) is 5.88. The lowest BCUT2D eigenvalue weighted by atomic mass is 10.1. The zero-order valence-electron chi connectivity index (χ0n) is 13.2. The predicted molar refractivity (Wildman–Crippen MR) is 98.6 cm³/mol. The Morgan fingerprint density at radius 1 is 1.09 bits per heavy atom. The number of benzene rings is 2. The molecule has 2 heterocycles. The van der Waals surface area contributed by atoms with Crippen molar-refractivity contribution in [1.29, 1.82) is 0 Å². The van der Waals surface area contributed by atoms with Crippen LogP contribution in [0.1, 0.15) is 12.6 Å². The molecule has 1 aliphatic heterocycles. The number of nitrogens with zero attached hydrogens (tertiary/aromatic N) is 3. The van der Waals surface area contributed by atoms with Crippen molar-refractivity contribution < 1.29 is 0 Å². The van der Waals surface area contributed by atoms with Crippen LogP contribution in [0, 0.1) is 0 Å². The number of rotatable bonds is 3. The quantitative estimate of drug-likeness (QED) is 0.791. The van der Waals surface area contributed by atoms with Gasteiger partial charge in [0.1, 0.15) is 0 Å². The Morgan fingerprint density at radius 3 is 2.74 bits per heavy atom. The normalized spacial score (nSPS) is 13.3. The summed E-state index contributed by atoms with van der Waals surface area (Å²) >= 11 is 0. The highest BCUT2D eigenvalue weighted by Crippen LogP contribution is 2.30. The van der Waals surface area contributed by atoms with Crippen LogP contribution in [0.2, 0.25) is 0 Å². The molecule has 1 aliphatic rings. The van der Waals surface area contributed by atoms with Crippen LogP contribution in [0.5, 0.6) is 0 Å². The topological polar surface area (TPSA) is 33.1 Å². The summed E-state index contributed by atoms with van der Waals surface area (Å²) in [7, 11) is 0. The van der Waals surface area contributed by atoms with Crippen LogP contribution in [-0.2, 0) is 13.1 Å². The maximum Gasteiger partial charge on any atom is 0.0896 e. The largest absolute Gasteiger partial charge is 0.382 e. The van der Waals surface area contributed by atoms with Crippen LogP contribution in [0.25, 0.3) is 10.9 Å². The zero-order chi connectivity index (χ0) is 14.9. The molecule has 0 atom stereocenters. The standard InChI is InChI=1S/C18H20N4.ClH/c1-2-22-17-9-5-3-7-14(17)16(20-22)13-21-12-11-19-15-8-4-6-10-18(15)21;/h3-10,19H,2,11-13H2,1H3;1H. The molecule has 4 nitrogen and oxygen atoms in total. The van der Waals surface area contributed by atoms with E-state index in [1.807, 2.05) is 0 Å². The average molecular weight is 329 g/mol. The number of hydrogen-bond acceptors (Lipinski definition) is 3. The SMILES string of the molecule is CCn1nc(CN2CCNc3ccccc32)c2ccccc21.Cl. The fraction of sp³-hybridized carbons (Fsp3) is 0.278. The van der Waals surface area contributed by atoms with Gasteiger partial charge in [-0.2, -0.15) is 5.10 Å². The Labute approximate surface area is 142 Å². The maximum atomic E-state index is 4.83. The van der Waals surface area contributed by atoms with Gasteiger partial charge in [-0.3, -0.25) is 4.68 Å². The number of halogens is 1. The van der Waals surface area contributed by atoms with Crippen molar-refractivity contribution in [3.63, 3.8) is 0 Å². The van der Waals surface area contributed by atoms with Gasteiger partial charge in [0.15, 0.2) is 0 Å². The molecule has 4 rings (SSSR count). The van der Waals surface area contributed by atoms with E-state index in [4.69, 9.17) is 5.10 Å². The smallest absolute Gasteiger partial charge is 0.0896 e. The molecule has 23 heavy (non-hydrogen) atoms. The number of hydrogen-bond donors (Lipinski definition) is 1. The third-order valence-corrected chi connectivity index (χ3v) is 4.32. The molecule has 1 aromatic heterocycles. The minimum Gasteiger partial charge on any atom is -0.382 e. The highest BCUT2D eigenvalue weighted by Gasteiger charge is 2.18. The second-order valence-electron chi connectivity index (χ2n) is 5.65. The summed E-state index contributed by atoms with van der Waals surface area (Å²) in [5.74, 6) is 0. The van der Waals surface area contributed by atoms with Crippen molar-refractivity contribution in [2.45, 2.75) is 20.0 Å². The number of anilines is 2. The van der Waals surface area contributed by atoms with Gasteiger partial charge in [0, 0.05) is 25.0 Å². The molecule has 120 valence electrons. The van der Waals surface area contributed by atoms with Crippen LogP contribution in [0.3, 0.4) is 0 Å². The molecule has 0 saturated heterocycles. The first kappa shape index (κ1) is 15.7. The summed E-state index contributed by atoms with van der Waals surface area (Å²) in [5.41, 5.74) is 4.87. The molecule has 0 unspecified atom stereocenters. The third-order valence-electron chi connectivity index (χ3n) is 4.32. The van der Waals surface area contributed by atoms with E-state index >= 15 is 0 Å². The van der Waals surface area contributed by atoms with Gasteiger partial charge in [-0.05, 0) is 25.1 Å². The average Bonchev–Trinajstić information content (AvgIpc) is 2.93. The first-order chi connectivity index (χ1) is 10.9. The molecule has 0 radical (unpaired) electrons. The van der Waals surface area contributed by atoms with Crippen LogP contribution < -0.4 is 10.2 Å². The van der Waals surface area contributed by atoms with E-state index in [2.05, 4.69) is 70.4 Å². The first-order valence-corrected chi connectivity index (χ1v) is 7.89. The van der Waals surface area contributed by atoms with Crippen molar-refractivity contribution in [3.05, 3.63) is 54.2 Å². The second kappa shape index (κ2) is 6.50. The van der Waals surface area contributed by atoms with E-state index in [1.165, 1.54) is 22.3 Å². The number of para-hydroxylation sites is 3. The van der Waals surface area contributed by atoms with Gasteiger partial charge < -0.3 is 10.2 Å². The van der Waals surface area contributed by atoms with Crippen molar-refractivity contribution in [3.8, 4) is 0 Å². The molecule has 0 bridgehead atoms. The first-order valence-electron chi connectivity index (χ1n) is 7.89. The van der Waals surface area contributed by atoms with Crippen LogP contribution >= 0.6 is 12.4 Å². The highest BCUT2D eigenvalue weighted by molar-refractivity contribution is 5.85. The lowest BCUT2D eigenvalue weighted by Gasteiger charge is -2.31. The van der Waals surface area contributed by atoms with Crippen LogP contribution in [0.4, 0.5) is 11.4 Å². The Balaban J connectivity index is 0.00000156. The molecule has 0 aliphatic carbocycles. The third kappa shape index (κ3) is 2.75. The Hall–Kier alpha value is -2.20. The fourth-order valence-electron chi connectivity index (χ4n) is 3.24. The second-order valence-corrected chi connectivity index (χ2v) is 5.65. The molecular formula is C18H21ClN4. The minimum atomic E-state index is 0. The monoisotopic (exact) mass is 328 g/mol. The lowest BCUT2D eigenvalue weighted by Crippen LogP contribution is -2.33. The van der Waals surface area contributed by atoms with Gasteiger partial charge in [0.25, 0.3) is 0 Å². The predicted octanol–water partition coefficient (Wildman–Crippen LogP) is 3.91. The van der Waals surface area contributed by atoms with Crippen LogP contribution in [-0.4, -0.2) is 22.9 Å². The van der Waals surface area contributed by atoms with Gasteiger partial charge in [0.05, 0.1) is 29.1 Å². The van der Waals surface area contributed by atoms with Crippen molar-refractivity contribution >= 4 is 34.7 Å². The van der Waals surface area contributed by atoms with Gasteiger partial charge in [-0.1, -0.05) is 30.3 Å². The number of fused-ring (bicyclic) bond motifs is 2. The molecule has 2 aromatic carbocycles. The zero-order valence-corrected chi connectivity index (χ0v) is 14.0. The van der Waals surface area contributed by atoms with E-state index in [0.29, 0.717) is 0 Å². The van der Waals surface area contributed by atoms with Crippen molar-refractivity contribution in [1.82, 2.24) is 9.78 Å². The molecule has 0 spiro atoms. The molecule has 0 fully saturated rings. The highest BCUT2D eigenvalue weighted by atomic mass is 35.5. The molecule has 3 aromatic rings. The maximum absolute atomic E-state index is 4.83. The molecule has 0 amide bonds. The molecule has 0 saturated carbocycles. The van der Waals surface area contributed by atoms with E-state index < -0.39 is 0 Å². The molecular weight excluding hydrogens is 308 g/mol. The van der Waals surface area contributed by atoms with Gasteiger partial charge in [-0.25, -0.2) is 0 Å². The Kier molecular flexibility index (Phi) is 4.44. The van der Waals surface area contributed by atoms with Gasteiger partial charge >= 0.3 is 0 Å².